The number of aliphatic hydroxyl groups is 1. The molecule has 0 aliphatic carbocycles. The minimum Gasteiger partial charge on any atom is -0.468 e. The number of nitrogens with one attached hydrogen (secondary N) is 1. The Balaban J connectivity index is 3.95. The molecule has 0 bridgehead atoms. The molecular formula is C12H25NO3. The molecule has 0 fully saturated rings. The number of unbranched alkanes of at least 4 members (excludes halogenated alkanes) is 1. The van der Waals surface area contributed by atoms with Gasteiger partial charge in [0.2, 0.25) is 0 Å². The highest BCUT2D eigenvalue weighted by Gasteiger charge is 2.18. The highest BCUT2D eigenvalue weighted by Crippen LogP contribution is 2.03. The van der Waals surface area contributed by atoms with E-state index in [1.165, 1.54) is 7.11 Å². The number of rotatable bonds is 9. The molecular weight excluding hydrogens is 206 g/mol. The van der Waals surface area contributed by atoms with Crippen molar-refractivity contribution in [1.82, 2.24) is 5.32 Å². The van der Waals surface area contributed by atoms with Crippen LogP contribution in [0.2, 0.25) is 0 Å². The van der Waals surface area contributed by atoms with Crippen molar-refractivity contribution >= 4 is 5.97 Å². The Morgan fingerprint density at radius 1 is 1.31 bits per heavy atom. The summed E-state index contributed by atoms with van der Waals surface area (Å²) in [6.07, 6.45) is 4.12. The lowest BCUT2D eigenvalue weighted by atomic mass is 10.1. The van der Waals surface area contributed by atoms with Crippen LogP contribution in [-0.2, 0) is 9.53 Å². The second-order valence-corrected chi connectivity index (χ2v) is 4.07. The van der Waals surface area contributed by atoms with Gasteiger partial charge < -0.3 is 15.2 Å². The molecule has 96 valence electrons. The molecule has 0 aliphatic rings. The van der Waals surface area contributed by atoms with Gasteiger partial charge in [0.15, 0.2) is 0 Å². The highest BCUT2D eigenvalue weighted by molar-refractivity contribution is 5.75. The van der Waals surface area contributed by atoms with Crippen LogP contribution in [0.3, 0.4) is 0 Å². The Labute approximate surface area is 98.4 Å². The predicted octanol–water partition coefficient (Wildman–Crippen LogP) is 1.47. The van der Waals surface area contributed by atoms with E-state index in [2.05, 4.69) is 12.2 Å². The van der Waals surface area contributed by atoms with Gasteiger partial charge in [-0.15, -0.1) is 0 Å². The van der Waals surface area contributed by atoms with Crippen LogP contribution in [0.5, 0.6) is 0 Å². The molecule has 4 heteroatoms. The summed E-state index contributed by atoms with van der Waals surface area (Å²) in [6, 6.07) is -0.281. The van der Waals surface area contributed by atoms with Crippen molar-refractivity contribution in [3.05, 3.63) is 0 Å². The molecule has 0 radical (unpaired) electrons. The standard InChI is InChI=1S/C12H25NO3/c1-4-6-8-11(12(15)16-3)13-9-10(14)7-5-2/h10-11,13-14H,4-9H2,1-3H3. The van der Waals surface area contributed by atoms with Crippen LogP contribution in [0.4, 0.5) is 0 Å². The van der Waals surface area contributed by atoms with Gasteiger partial charge in [-0.1, -0.05) is 33.1 Å². The fraction of sp³-hybridized carbons (Fsp3) is 0.917. The quantitative estimate of drug-likeness (QED) is 0.590. The molecule has 4 nitrogen and oxygen atoms in total. The lowest BCUT2D eigenvalue weighted by molar-refractivity contribution is -0.143. The lowest BCUT2D eigenvalue weighted by Crippen LogP contribution is -2.41. The Hall–Kier alpha value is -0.610. The number of ether oxygens (including phenoxy) is 1. The summed E-state index contributed by atoms with van der Waals surface area (Å²) in [5.74, 6) is -0.239. The summed E-state index contributed by atoms with van der Waals surface area (Å²) in [5.41, 5.74) is 0. The van der Waals surface area contributed by atoms with E-state index >= 15 is 0 Å². The molecule has 0 saturated carbocycles. The molecule has 2 N–H and O–H groups in total. The number of hydrogen-bond acceptors (Lipinski definition) is 4. The van der Waals surface area contributed by atoms with Gasteiger partial charge in [0.05, 0.1) is 13.2 Å². The third-order valence-electron chi connectivity index (χ3n) is 2.55. The van der Waals surface area contributed by atoms with E-state index in [4.69, 9.17) is 4.74 Å². The summed E-state index contributed by atoms with van der Waals surface area (Å²) in [6.45, 7) is 4.57. The third kappa shape index (κ3) is 6.80. The van der Waals surface area contributed by atoms with Crippen LogP contribution in [0, 0.1) is 0 Å². The van der Waals surface area contributed by atoms with Crippen LogP contribution in [0.25, 0.3) is 0 Å². The van der Waals surface area contributed by atoms with Crippen molar-refractivity contribution in [2.45, 2.75) is 58.1 Å². The average molecular weight is 231 g/mol. The summed E-state index contributed by atoms with van der Waals surface area (Å²) in [7, 11) is 1.39. The third-order valence-corrected chi connectivity index (χ3v) is 2.55. The minimum atomic E-state index is -0.376. The number of hydrogen-bond donors (Lipinski definition) is 2. The topological polar surface area (TPSA) is 58.6 Å². The molecule has 0 saturated heterocycles. The molecule has 0 spiro atoms. The highest BCUT2D eigenvalue weighted by atomic mass is 16.5. The monoisotopic (exact) mass is 231 g/mol. The average Bonchev–Trinajstić information content (AvgIpc) is 2.28. The Morgan fingerprint density at radius 3 is 2.50 bits per heavy atom. The molecule has 0 heterocycles. The van der Waals surface area contributed by atoms with Crippen molar-refractivity contribution in [2.24, 2.45) is 0 Å². The fourth-order valence-electron chi connectivity index (χ4n) is 1.57. The molecule has 0 aromatic heterocycles. The summed E-state index contributed by atoms with van der Waals surface area (Å²) >= 11 is 0. The second kappa shape index (κ2) is 9.60. The molecule has 0 aliphatic heterocycles. The summed E-state index contributed by atoms with van der Waals surface area (Å²) < 4.78 is 4.72. The van der Waals surface area contributed by atoms with Gasteiger partial charge in [-0.3, -0.25) is 4.79 Å². The number of esters is 1. The van der Waals surface area contributed by atoms with Crippen molar-refractivity contribution in [1.29, 1.82) is 0 Å². The van der Waals surface area contributed by atoms with Gasteiger partial charge in [0.25, 0.3) is 0 Å². The van der Waals surface area contributed by atoms with E-state index in [9.17, 15) is 9.90 Å². The molecule has 0 aromatic carbocycles. The minimum absolute atomic E-state index is 0.239. The van der Waals surface area contributed by atoms with E-state index < -0.39 is 0 Å². The van der Waals surface area contributed by atoms with Crippen molar-refractivity contribution < 1.29 is 14.6 Å². The smallest absolute Gasteiger partial charge is 0.322 e. The summed E-state index contributed by atoms with van der Waals surface area (Å²) in [4.78, 5) is 11.4. The van der Waals surface area contributed by atoms with Crippen LogP contribution in [0.15, 0.2) is 0 Å². The van der Waals surface area contributed by atoms with Gasteiger partial charge in [-0.25, -0.2) is 0 Å². The zero-order valence-electron chi connectivity index (χ0n) is 10.7. The van der Waals surface area contributed by atoms with Crippen molar-refractivity contribution in [2.75, 3.05) is 13.7 Å². The molecule has 0 amide bonds. The van der Waals surface area contributed by atoms with Crippen LogP contribution in [-0.4, -0.2) is 36.9 Å². The van der Waals surface area contributed by atoms with E-state index in [0.29, 0.717) is 6.54 Å². The van der Waals surface area contributed by atoms with E-state index in [0.717, 1.165) is 32.1 Å². The number of aliphatic hydroxyl groups excluding tert-OH is 1. The molecule has 2 atom stereocenters. The van der Waals surface area contributed by atoms with Gasteiger partial charge in [-0.2, -0.15) is 0 Å². The molecule has 0 rings (SSSR count). The van der Waals surface area contributed by atoms with Gasteiger partial charge >= 0.3 is 5.97 Å². The first-order valence-corrected chi connectivity index (χ1v) is 6.14. The van der Waals surface area contributed by atoms with Crippen LogP contribution < -0.4 is 5.32 Å². The van der Waals surface area contributed by atoms with E-state index in [-0.39, 0.29) is 18.1 Å². The van der Waals surface area contributed by atoms with Gasteiger partial charge in [0.1, 0.15) is 6.04 Å². The molecule has 16 heavy (non-hydrogen) atoms. The maximum absolute atomic E-state index is 11.4. The molecule has 0 aromatic rings. The first kappa shape index (κ1) is 15.4. The van der Waals surface area contributed by atoms with Crippen molar-refractivity contribution in [3.8, 4) is 0 Å². The largest absolute Gasteiger partial charge is 0.468 e. The number of methoxy groups -OCH3 is 1. The number of carbonyl (C=O) groups is 1. The lowest BCUT2D eigenvalue weighted by Gasteiger charge is -2.18. The summed E-state index contributed by atoms with van der Waals surface area (Å²) in [5, 5.41) is 12.6. The maximum Gasteiger partial charge on any atom is 0.322 e. The Kier molecular flexibility index (Phi) is 9.24. The van der Waals surface area contributed by atoms with Crippen molar-refractivity contribution in [3.63, 3.8) is 0 Å². The fourth-order valence-corrected chi connectivity index (χ4v) is 1.57. The van der Waals surface area contributed by atoms with E-state index in [1.807, 2.05) is 6.92 Å². The van der Waals surface area contributed by atoms with Gasteiger partial charge in [-0.05, 0) is 12.8 Å². The Morgan fingerprint density at radius 2 is 2.00 bits per heavy atom. The zero-order valence-corrected chi connectivity index (χ0v) is 10.7. The number of carbonyl (C=O) groups excluding carboxylic acids is 1. The normalized spacial score (nSPS) is 14.5. The van der Waals surface area contributed by atoms with Gasteiger partial charge in [0, 0.05) is 6.54 Å². The van der Waals surface area contributed by atoms with Crippen LogP contribution in [0.1, 0.15) is 46.0 Å². The first-order valence-electron chi connectivity index (χ1n) is 6.14. The predicted molar refractivity (Wildman–Crippen MR) is 64.2 cm³/mol. The molecule has 2 unspecified atom stereocenters. The van der Waals surface area contributed by atoms with E-state index in [1.54, 1.807) is 0 Å². The maximum atomic E-state index is 11.4. The van der Waals surface area contributed by atoms with Crippen LogP contribution >= 0.6 is 0 Å². The first-order chi connectivity index (χ1) is 7.65. The SMILES string of the molecule is CCCCC(NCC(O)CCC)C(=O)OC. The Bertz CT molecular complexity index is 185. The second-order valence-electron chi connectivity index (χ2n) is 4.07. The zero-order chi connectivity index (χ0) is 12.4.